The second-order valence-electron chi connectivity index (χ2n) is 15.6. The Bertz CT molecular complexity index is 3130. The van der Waals surface area contributed by atoms with Crippen molar-refractivity contribution in [3.8, 4) is 45.6 Å². The molecule has 0 amide bonds. The van der Waals surface area contributed by atoms with Gasteiger partial charge in [-0.1, -0.05) is 64.1 Å². The molecule has 16 nitrogen and oxygen atoms in total. The van der Waals surface area contributed by atoms with Gasteiger partial charge in [0.2, 0.25) is 11.6 Å². The summed E-state index contributed by atoms with van der Waals surface area (Å²) >= 11 is 0. The predicted octanol–water partition coefficient (Wildman–Crippen LogP) is 8.12. The number of benzene rings is 6. The Labute approximate surface area is 352 Å². The normalized spacial score (nSPS) is 12.1. The van der Waals surface area contributed by atoms with E-state index in [4.69, 9.17) is 0 Å². The number of nitrogens with zero attached hydrogens (tertiary/aromatic N) is 4. The molecule has 0 bridgehead atoms. The molecule has 0 saturated carbocycles. The van der Waals surface area contributed by atoms with Crippen LogP contribution >= 0.6 is 0 Å². The van der Waals surface area contributed by atoms with Gasteiger partial charge in [0.1, 0.15) is 11.5 Å². The summed E-state index contributed by atoms with van der Waals surface area (Å²) in [5, 5.41) is 79.9. The molecule has 314 valence electrons. The van der Waals surface area contributed by atoms with Crippen LogP contribution in [0.4, 0.5) is 11.6 Å². The number of H-pyrrole nitrogens is 2. The van der Waals surface area contributed by atoms with Crippen LogP contribution in [0.2, 0.25) is 0 Å². The first-order chi connectivity index (χ1) is 29.6. The van der Waals surface area contributed by atoms with Crippen LogP contribution in [0.5, 0.6) is 34.5 Å². The number of anilines is 2. The predicted molar refractivity (Wildman–Crippen MR) is 242 cm³/mol. The number of phenols is 6. The third-order valence-electron chi connectivity index (χ3n) is 10.9. The van der Waals surface area contributed by atoms with E-state index in [0.29, 0.717) is 55.1 Å². The van der Waals surface area contributed by atoms with Gasteiger partial charge < -0.3 is 40.6 Å². The number of aryl methyl sites for hydroxylation is 2. The maximum Gasteiger partial charge on any atom is 0.293 e. The summed E-state index contributed by atoms with van der Waals surface area (Å²) in [5.41, 5.74) is 7.81. The maximum absolute atomic E-state index is 12.8. The Hall–Kier alpha value is -8.14. The minimum Gasteiger partial charge on any atom is -0.507 e. The Balaban J connectivity index is 1.33. The molecule has 0 radical (unpaired) electrons. The standard InChI is InChI=1S/C46H42N8O8/c1-19(2)31-23-15-21(5)33(39(57)35(23)25(37(55)41(31)59)17-47-53-43-45(61)51-29-13-9-7-11-27(29)49-43)34-22(6)16-24-32(20(3)4)42(60)38(56)26(36(24)40(34)58)18-48-54-44-46(62)52-30-14-10-8-12-28(30)50-44/h7-20,55-60H,1-6H3,(H,49,53)(H,50,54)(H,51,61)(H,52,62)/b47-17-,48-18-. The van der Waals surface area contributed by atoms with E-state index in [1.54, 1.807) is 74.5 Å². The van der Waals surface area contributed by atoms with Crippen molar-refractivity contribution in [1.29, 1.82) is 0 Å². The van der Waals surface area contributed by atoms with Gasteiger partial charge >= 0.3 is 0 Å². The number of fused-ring (bicyclic) bond motifs is 4. The second kappa shape index (κ2) is 15.5. The summed E-state index contributed by atoms with van der Waals surface area (Å²) in [6.45, 7) is 10.7. The monoisotopic (exact) mass is 834 g/mol. The average Bonchev–Trinajstić information content (AvgIpc) is 3.22. The molecule has 6 aromatic carbocycles. The Morgan fingerprint density at radius 1 is 0.565 bits per heavy atom. The lowest BCUT2D eigenvalue weighted by Gasteiger charge is -2.23. The fraction of sp³-hybridized carbons (Fsp3) is 0.174. The van der Waals surface area contributed by atoms with Gasteiger partial charge in [-0.25, -0.2) is 9.97 Å². The summed E-state index contributed by atoms with van der Waals surface area (Å²) < 4.78 is 0. The largest absolute Gasteiger partial charge is 0.507 e. The minimum absolute atomic E-state index is 0.0740. The maximum atomic E-state index is 12.8. The molecular weight excluding hydrogens is 793 g/mol. The van der Waals surface area contributed by atoms with Crippen molar-refractivity contribution in [3.05, 3.63) is 115 Å². The lowest BCUT2D eigenvalue weighted by molar-refractivity contribution is 0.398. The van der Waals surface area contributed by atoms with Crippen molar-refractivity contribution in [1.82, 2.24) is 19.9 Å². The molecule has 8 rings (SSSR count). The molecule has 0 aliphatic rings. The molecule has 0 spiro atoms. The molecule has 0 saturated heterocycles. The van der Waals surface area contributed by atoms with Gasteiger partial charge in [-0.2, -0.15) is 10.2 Å². The van der Waals surface area contributed by atoms with Crippen molar-refractivity contribution in [3.63, 3.8) is 0 Å². The fourth-order valence-corrected chi connectivity index (χ4v) is 8.15. The third kappa shape index (κ3) is 6.67. The molecule has 0 unspecified atom stereocenters. The van der Waals surface area contributed by atoms with Crippen LogP contribution in [0.25, 0.3) is 54.7 Å². The number of rotatable bonds is 9. The molecule has 2 heterocycles. The van der Waals surface area contributed by atoms with E-state index in [0.717, 1.165) is 12.4 Å². The summed E-state index contributed by atoms with van der Waals surface area (Å²) in [5.74, 6) is -3.78. The molecule has 0 aliphatic carbocycles. The van der Waals surface area contributed by atoms with Gasteiger partial charge in [-0.15, -0.1) is 0 Å². The number of phenolic OH excluding ortho intramolecular Hbond substituents is 6. The molecule has 0 atom stereocenters. The molecule has 16 heteroatoms. The molecular formula is C46H42N8O8. The Morgan fingerprint density at radius 3 is 1.31 bits per heavy atom. The Kier molecular flexibility index (Phi) is 10.1. The number of hydrazone groups is 2. The van der Waals surface area contributed by atoms with Crippen molar-refractivity contribution in [2.45, 2.75) is 53.4 Å². The molecule has 0 aliphatic heterocycles. The first kappa shape index (κ1) is 40.6. The molecule has 2 aromatic heterocycles. The molecule has 62 heavy (non-hydrogen) atoms. The summed E-state index contributed by atoms with van der Waals surface area (Å²) in [6.07, 6.45) is 2.30. The van der Waals surface area contributed by atoms with Gasteiger partial charge in [-0.3, -0.25) is 20.4 Å². The van der Waals surface area contributed by atoms with Crippen LogP contribution in [-0.2, 0) is 0 Å². The summed E-state index contributed by atoms with van der Waals surface area (Å²) in [7, 11) is 0. The topological polar surface area (TPSA) is 262 Å². The van der Waals surface area contributed by atoms with Crippen LogP contribution in [0, 0.1) is 13.8 Å². The second-order valence-corrected chi connectivity index (χ2v) is 15.6. The van der Waals surface area contributed by atoms with Gasteiger partial charge in [0.15, 0.2) is 23.0 Å². The first-order valence-electron chi connectivity index (χ1n) is 19.6. The first-order valence-corrected chi connectivity index (χ1v) is 19.6. The van der Waals surface area contributed by atoms with E-state index in [1.807, 2.05) is 27.7 Å². The van der Waals surface area contributed by atoms with E-state index < -0.39 is 34.1 Å². The van der Waals surface area contributed by atoms with Gasteiger partial charge in [-0.05, 0) is 71.8 Å². The number of nitrogens with one attached hydrogen (secondary N) is 4. The van der Waals surface area contributed by atoms with Crippen LogP contribution in [0.1, 0.15) is 72.9 Å². The zero-order valence-corrected chi connectivity index (χ0v) is 34.4. The van der Waals surface area contributed by atoms with Crippen molar-refractivity contribution >= 4 is 67.7 Å². The van der Waals surface area contributed by atoms with Crippen LogP contribution in [0.3, 0.4) is 0 Å². The highest BCUT2D eigenvalue weighted by molar-refractivity contribution is 6.15. The number of hydrogen-bond acceptors (Lipinski definition) is 14. The quantitative estimate of drug-likeness (QED) is 0.0376. The van der Waals surface area contributed by atoms with Gasteiger partial charge in [0, 0.05) is 33.0 Å². The zero-order valence-electron chi connectivity index (χ0n) is 34.4. The van der Waals surface area contributed by atoms with Crippen molar-refractivity contribution in [2.75, 3.05) is 10.9 Å². The van der Waals surface area contributed by atoms with Gasteiger partial charge in [0.25, 0.3) is 11.1 Å². The number of aromatic nitrogens is 4. The Morgan fingerprint density at radius 2 is 0.935 bits per heavy atom. The highest BCUT2D eigenvalue weighted by atomic mass is 16.3. The van der Waals surface area contributed by atoms with Crippen molar-refractivity contribution in [2.24, 2.45) is 10.2 Å². The highest BCUT2D eigenvalue weighted by Gasteiger charge is 2.29. The van der Waals surface area contributed by atoms with Crippen LogP contribution in [-0.4, -0.2) is 63.0 Å². The van der Waals surface area contributed by atoms with E-state index in [2.05, 4.69) is 41.0 Å². The van der Waals surface area contributed by atoms with Crippen molar-refractivity contribution < 1.29 is 30.6 Å². The van der Waals surface area contributed by atoms with Crippen LogP contribution in [0.15, 0.2) is 80.5 Å². The number of aromatic hydroxyl groups is 6. The van der Waals surface area contributed by atoms with E-state index in [9.17, 15) is 40.2 Å². The lowest BCUT2D eigenvalue weighted by Crippen LogP contribution is -2.13. The lowest BCUT2D eigenvalue weighted by atomic mass is 9.83. The highest BCUT2D eigenvalue weighted by Crippen LogP contribution is 2.54. The fourth-order valence-electron chi connectivity index (χ4n) is 8.15. The molecule has 0 fully saturated rings. The van der Waals surface area contributed by atoms with E-state index >= 15 is 0 Å². The summed E-state index contributed by atoms with van der Waals surface area (Å²) in [6, 6.07) is 17.3. The average molecular weight is 835 g/mol. The minimum atomic E-state index is -0.593. The van der Waals surface area contributed by atoms with E-state index in [-0.39, 0.29) is 68.0 Å². The number of hydrogen-bond donors (Lipinski definition) is 10. The summed E-state index contributed by atoms with van der Waals surface area (Å²) in [4.78, 5) is 39.7. The van der Waals surface area contributed by atoms with E-state index in [1.165, 1.54) is 0 Å². The SMILES string of the molecule is Cc1cc2c(C(C)C)c(O)c(O)c(/C=N\Nc3nc4ccccc4[nH]c3=O)c2c(O)c1-c1c(C)cc2c(C(C)C)c(O)c(O)c(/C=N\Nc3nc4ccccc4[nH]c3=O)c2c1O. The molecule has 8 aromatic rings. The molecule has 10 N–H and O–H groups in total. The third-order valence-corrected chi connectivity index (χ3v) is 10.9. The van der Waals surface area contributed by atoms with Crippen LogP contribution < -0.4 is 22.0 Å². The number of aromatic amines is 2. The zero-order chi connectivity index (χ0) is 44.3. The smallest absolute Gasteiger partial charge is 0.293 e. The van der Waals surface area contributed by atoms with Gasteiger partial charge in [0.05, 0.1) is 45.6 Å². The number of para-hydroxylation sites is 4.